The van der Waals surface area contributed by atoms with Crippen LogP contribution in [0.4, 0.5) is 0 Å². The third-order valence-corrected chi connectivity index (χ3v) is 4.56. The molecule has 2 rings (SSSR count). The Morgan fingerprint density at radius 2 is 2.06 bits per heavy atom. The van der Waals surface area contributed by atoms with E-state index in [0.717, 1.165) is 12.8 Å². The molecule has 1 nitrogen and oxygen atoms in total. The van der Waals surface area contributed by atoms with Gasteiger partial charge in [-0.15, -0.1) is 0 Å². The smallest absolute Gasteiger partial charge is 0.0577 e. The molecule has 0 unspecified atom stereocenters. The van der Waals surface area contributed by atoms with E-state index in [1.54, 1.807) is 0 Å². The highest BCUT2D eigenvalue weighted by Crippen LogP contribution is 2.57. The summed E-state index contributed by atoms with van der Waals surface area (Å²) in [6.07, 6.45) is 6.89. The van der Waals surface area contributed by atoms with Gasteiger partial charge < -0.3 is 5.11 Å². The maximum atomic E-state index is 10.3. The molecule has 0 bridgehead atoms. The zero-order chi connectivity index (χ0) is 13.0. The molecule has 1 aliphatic carbocycles. The van der Waals surface area contributed by atoms with Gasteiger partial charge in [0.15, 0.2) is 0 Å². The Balaban J connectivity index is 1.75. The second-order valence-corrected chi connectivity index (χ2v) is 6.16. The van der Waals surface area contributed by atoms with Gasteiger partial charge in [0.05, 0.1) is 6.10 Å². The number of benzene rings is 1. The third kappa shape index (κ3) is 3.35. The molecule has 0 aromatic heterocycles. The van der Waals surface area contributed by atoms with Gasteiger partial charge in [-0.3, -0.25) is 0 Å². The van der Waals surface area contributed by atoms with E-state index in [4.69, 9.17) is 0 Å². The van der Waals surface area contributed by atoms with Crippen LogP contribution in [0.15, 0.2) is 30.3 Å². The molecule has 1 fully saturated rings. The van der Waals surface area contributed by atoms with Gasteiger partial charge >= 0.3 is 0 Å². The molecule has 1 aliphatic rings. The summed E-state index contributed by atoms with van der Waals surface area (Å²) in [5.74, 6) is 0.549. The number of hydrogen-bond donors (Lipinski definition) is 1. The van der Waals surface area contributed by atoms with Crippen molar-refractivity contribution in [3.05, 3.63) is 35.9 Å². The number of aliphatic hydroxyl groups excluding tert-OH is 1. The maximum Gasteiger partial charge on any atom is 0.0577 e. The first kappa shape index (κ1) is 13.6. The average molecular weight is 246 g/mol. The number of aryl methyl sites for hydroxylation is 1. The van der Waals surface area contributed by atoms with E-state index in [1.807, 2.05) is 6.07 Å². The molecule has 0 saturated heterocycles. The number of hydrogen-bond acceptors (Lipinski definition) is 1. The van der Waals surface area contributed by atoms with E-state index in [9.17, 15) is 5.11 Å². The highest BCUT2D eigenvalue weighted by atomic mass is 16.3. The minimum Gasteiger partial charge on any atom is -0.393 e. The third-order valence-electron chi connectivity index (χ3n) is 4.56. The topological polar surface area (TPSA) is 20.2 Å². The summed E-state index contributed by atoms with van der Waals surface area (Å²) >= 11 is 0. The Hall–Kier alpha value is -0.820. The Morgan fingerprint density at radius 1 is 1.33 bits per heavy atom. The number of aliphatic hydroxyl groups is 1. The molecule has 0 spiro atoms. The van der Waals surface area contributed by atoms with E-state index in [0.29, 0.717) is 11.3 Å². The minimum absolute atomic E-state index is 0.105. The van der Waals surface area contributed by atoms with Crippen LogP contribution in [0.5, 0.6) is 0 Å². The van der Waals surface area contributed by atoms with Crippen molar-refractivity contribution in [3.63, 3.8) is 0 Å². The summed E-state index contributed by atoms with van der Waals surface area (Å²) in [6.45, 7) is 4.59. The summed E-state index contributed by atoms with van der Waals surface area (Å²) in [4.78, 5) is 0. The van der Waals surface area contributed by atoms with Gasteiger partial charge in [-0.2, -0.15) is 0 Å². The van der Waals surface area contributed by atoms with Crippen LogP contribution in [-0.2, 0) is 6.42 Å². The van der Waals surface area contributed by atoms with Gasteiger partial charge in [0.1, 0.15) is 0 Å². The van der Waals surface area contributed by atoms with Crippen molar-refractivity contribution in [2.75, 3.05) is 0 Å². The average Bonchev–Trinajstić information content (AvgIpc) is 3.08. The van der Waals surface area contributed by atoms with E-state index >= 15 is 0 Å². The molecular weight excluding hydrogens is 220 g/mol. The molecule has 1 saturated carbocycles. The first-order valence-corrected chi connectivity index (χ1v) is 7.38. The lowest BCUT2D eigenvalue weighted by molar-refractivity contribution is 0.123. The van der Waals surface area contributed by atoms with E-state index in [2.05, 4.69) is 38.1 Å². The maximum absolute atomic E-state index is 10.3. The molecule has 0 amide bonds. The molecule has 1 N–H and O–H groups in total. The molecule has 0 heterocycles. The molecule has 100 valence electrons. The van der Waals surface area contributed by atoms with Crippen molar-refractivity contribution in [1.82, 2.24) is 0 Å². The van der Waals surface area contributed by atoms with Crippen molar-refractivity contribution in [3.8, 4) is 0 Å². The van der Waals surface area contributed by atoms with Gasteiger partial charge in [-0.1, -0.05) is 57.0 Å². The minimum atomic E-state index is -0.105. The lowest BCUT2D eigenvalue weighted by atomic mass is 9.94. The lowest BCUT2D eigenvalue weighted by Crippen LogP contribution is -2.15. The van der Waals surface area contributed by atoms with Crippen molar-refractivity contribution in [1.29, 1.82) is 0 Å². The van der Waals surface area contributed by atoms with Crippen LogP contribution in [0, 0.1) is 11.3 Å². The summed E-state index contributed by atoms with van der Waals surface area (Å²) < 4.78 is 0. The van der Waals surface area contributed by atoms with E-state index in [1.165, 1.54) is 31.2 Å². The fourth-order valence-electron chi connectivity index (χ4n) is 3.07. The van der Waals surface area contributed by atoms with Gasteiger partial charge in [0, 0.05) is 0 Å². The SMILES string of the molecule is CCCC[C@@]1(C)C[C@@H]1[C@H](O)CCc1ccccc1. The fourth-order valence-corrected chi connectivity index (χ4v) is 3.07. The molecule has 0 aliphatic heterocycles. The Morgan fingerprint density at radius 3 is 2.72 bits per heavy atom. The molecule has 1 aromatic rings. The van der Waals surface area contributed by atoms with Gasteiger partial charge in [-0.05, 0) is 42.6 Å². The monoisotopic (exact) mass is 246 g/mol. The summed E-state index contributed by atoms with van der Waals surface area (Å²) in [5.41, 5.74) is 1.78. The zero-order valence-electron chi connectivity index (χ0n) is 11.7. The Labute approximate surface area is 111 Å². The Bertz CT molecular complexity index is 359. The van der Waals surface area contributed by atoms with Crippen LogP contribution in [0.2, 0.25) is 0 Å². The van der Waals surface area contributed by atoms with Gasteiger partial charge in [-0.25, -0.2) is 0 Å². The molecule has 0 radical (unpaired) electrons. The Kier molecular flexibility index (Phi) is 4.45. The van der Waals surface area contributed by atoms with Crippen LogP contribution >= 0.6 is 0 Å². The summed E-state index contributed by atoms with van der Waals surface area (Å²) in [5, 5.41) is 10.3. The zero-order valence-corrected chi connectivity index (χ0v) is 11.7. The first-order valence-electron chi connectivity index (χ1n) is 7.38. The fraction of sp³-hybridized carbons (Fsp3) is 0.647. The lowest BCUT2D eigenvalue weighted by Gasteiger charge is -2.15. The molecule has 1 heteroatoms. The van der Waals surface area contributed by atoms with Crippen LogP contribution in [0.1, 0.15) is 51.5 Å². The van der Waals surface area contributed by atoms with Crippen molar-refractivity contribution in [2.24, 2.45) is 11.3 Å². The van der Waals surface area contributed by atoms with E-state index < -0.39 is 0 Å². The molecule has 18 heavy (non-hydrogen) atoms. The second kappa shape index (κ2) is 5.88. The largest absolute Gasteiger partial charge is 0.393 e. The standard InChI is InChI=1S/C17H26O/c1-3-4-12-17(2)13-15(17)16(18)11-10-14-8-6-5-7-9-14/h5-9,15-16,18H,3-4,10-13H2,1-2H3/t15-,16-,17+/m1/s1. The van der Waals surface area contributed by atoms with Gasteiger partial charge in [0.2, 0.25) is 0 Å². The van der Waals surface area contributed by atoms with E-state index in [-0.39, 0.29) is 6.10 Å². The molecular formula is C17H26O. The number of unbranched alkanes of at least 4 members (excludes halogenated alkanes) is 1. The van der Waals surface area contributed by atoms with Crippen LogP contribution in [0.3, 0.4) is 0 Å². The van der Waals surface area contributed by atoms with Gasteiger partial charge in [0.25, 0.3) is 0 Å². The van der Waals surface area contributed by atoms with Crippen molar-refractivity contribution in [2.45, 2.75) is 58.5 Å². The molecule has 3 atom stereocenters. The quantitative estimate of drug-likeness (QED) is 0.764. The molecule has 1 aromatic carbocycles. The van der Waals surface area contributed by atoms with Crippen LogP contribution < -0.4 is 0 Å². The van der Waals surface area contributed by atoms with Crippen LogP contribution in [0.25, 0.3) is 0 Å². The van der Waals surface area contributed by atoms with Crippen molar-refractivity contribution >= 4 is 0 Å². The highest BCUT2D eigenvalue weighted by Gasteiger charge is 2.52. The second-order valence-electron chi connectivity index (χ2n) is 6.16. The predicted octanol–water partition coefficient (Wildman–Crippen LogP) is 4.20. The highest BCUT2D eigenvalue weighted by molar-refractivity contribution is 5.15. The summed E-state index contributed by atoms with van der Waals surface area (Å²) in [7, 11) is 0. The van der Waals surface area contributed by atoms with Crippen LogP contribution in [-0.4, -0.2) is 11.2 Å². The summed E-state index contributed by atoms with van der Waals surface area (Å²) in [6, 6.07) is 10.5. The normalized spacial score (nSPS) is 28.1. The predicted molar refractivity (Wildman–Crippen MR) is 76.5 cm³/mol. The van der Waals surface area contributed by atoms with Crippen molar-refractivity contribution < 1.29 is 5.11 Å². The first-order chi connectivity index (χ1) is 8.65. The number of rotatable bonds is 7.